The summed E-state index contributed by atoms with van der Waals surface area (Å²) < 4.78 is 5.89. The van der Waals surface area contributed by atoms with Crippen LogP contribution in [0.4, 0.5) is 0 Å². The third kappa shape index (κ3) is 4.10. The largest absolute Gasteiger partial charge is 0.457 e. The maximum absolute atomic E-state index is 9.68. The van der Waals surface area contributed by atoms with Crippen LogP contribution in [0.15, 0.2) is 54.6 Å². The molecule has 4 heteroatoms. The number of para-hydroxylation sites is 1. The molecule has 0 saturated carbocycles. The van der Waals surface area contributed by atoms with Crippen LogP contribution in [0.1, 0.15) is 34.5 Å². The standard InChI is InChI=1S/C23H20N2OS/c1-16-10-11-21-22(12-16)27-23(25-21)18(15-24)13-17-6-5-9-20(14-17)26-19-7-3-2-4-8-19/h2-9,13-14,16H,10-12H2,1H3/b18-13+/t16-/m0/s1. The molecule has 0 unspecified atom stereocenters. The summed E-state index contributed by atoms with van der Waals surface area (Å²) in [6.45, 7) is 2.28. The van der Waals surface area contributed by atoms with Crippen molar-refractivity contribution in [2.75, 3.05) is 0 Å². The van der Waals surface area contributed by atoms with E-state index in [1.54, 1.807) is 11.3 Å². The number of allylic oxidation sites excluding steroid dienone is 1. The first kappa shape index (κ1) is 17.5. The molecule has 1 heterocycles. The predicted octanol–water partition coefficient (Wildman–Crippen LogP) is 6.12. The molecule has 0 N–H and O–H groups in total. The van der Waals surface area contributed by atoms with Crippen LogP contribution in [-0.2, 0) is 12.8 Å². The summed E-state index contributed by atoms with van der Waals surface area (Å²) in [6.07, 6.45) is 5.17. The fourth-order valence-corrected chi connectivity index (χ4v) is 4.49. The molecule has 1 aliphatic carbocycles. The van der Waals surface area contributed by atoms with E-state index in [9.17, 15) is 5.26 Å². The van der Waals surface area contributed by atoms with Crippen molar-refractivity contribution in [3.63, 3.8) is 0 Å². The Morgan fingerprint density at radius 2 is 2.00 bits per heavy atom. The summed E-state index contributed by atoms with van der Waals surface area (Å²) in [4.78, 5) is 6.08. The first-order valence-electron chi connectivity index (χ1n) is 9.15. The normalized spacial score (nSPS) is 16.4. The summed E-state index contributed by atoms with van der Waals surface area (Å²) in [6, 6.07) is 19.8. The minimum absolute atomic E-state index is 0.610. The van der Waals surface area contributed by atoms with Gasteiger partial charge in [0.25, 0.3) is 0 Å². The third-order valence-corrected chi connectivity index (χ3v) is 5.84. The maximum Gasteiger partial charge on any atom is 0.134 e. The number of nitrogens with zero attached hydrogens (tertiary/aromatic N) is 2. The Balaban J connectivity index is 1.60. The van der Waals surface area contributed by atoms with E-state index >= 15 is 0 Å². The van der Waals surface area contributed by atoms with Crippen molar-refractivity contribution in [2.24, 2.45) is 5.92 Å². The minimum Gasteiger partial charge on any atom is -0.457 e. The fraction of sp³-hybridized carbons (Fsp3) is 0.217. The fourth-order valence-electron chi connectivity index (χ4n) is 3.26. The third-order valence-electron chi connectivity index (χ3n) is 4.68. The highest BCUT2D eigenvalue weighted by atomic mass is 32.1. The van der Waals surface area contributed by atoms with Crippen LogP contribution in [-0.4, -0.2) is 4.98 Å². The van der Waals surface area contributed by atoms with Gasteiger partial charge in [-0.15, -0.1) is 11.3 Å². The molecular weight excluding hydrogens is 352 g/mol. The van der Waals surface area contributed by atoms with E-state index < -0.39 is 0 Å². The van der Waals surface area contributed by atoms with Gasteiger partial charge < -0.3 is 4.74 Å². The summed E-state index contributed by atoms with van der Waals surface area (Å²) in [5.74, 6) is 2.24. The molecule has 1 aliphatic rings. The van der Waals surface area contributed by atoms with Gasteiger partial charge in [-0.05, 0) is 61.1 Å². The van der Waals surface area contributed by atoms with E-state index in [-0.39, 0.29) is 0 Å². The molecule has 134 valence electrons. The van der Waals surface area contributed by atoms with Crippen LogP contribution in [0, 0.1) is 17.2 Å². The van der Waals surface area contributed by atoms with Gasteiger partial charge in [0.15, 0.2) is 0 Å². The first-order chi connectivity index (χ1) is 13.2. The second-order valence-corrected chi connectivity index (χ2v) is 7.98. The Bertz CT molecular complexity index is 1010. The molecule has 1 atom stereocenters. The van der Waals surface area contributed by atoms with Crippen molar-refractivity contribution in [1.82, 2.24) is 4.98 Å². The number of fused-ring (bicyclic) bond motifs is 1. The Morgan fingerprint density at radius 3 is 2.81 bits per heavy atom. The Hall–Kier alpha value is -2.90. The number of ether oxygens (including phenoxy) is 1. The van der Waals surface area contributed by atoms with Gasteiger partial charge in [-0.3, -0.25) is 0 Å². The summed E-state index contributed by atoms with van der Waals surface area (Å²) in [7, 11) is 0. The lowest BCUT2D eigenvalue weighted by Gasteiger charge is -2.15. The lowest BCUT2D eigenvalue weighted by atomic mass is 9.93. The molecule has 3 nitrogen and oxygen atoms in total. The smallest absolute Gasteiger partial charge is 0.134 e. The van der Waals surface area contributed by atoms with Gasteiger partial charge in [0.2, 0.25) is 0 Å². The molecule has 0 fully saturated rings. The zero-order valence-electron chi connectivity index (χ0n) is 15.2. The van der Waals surface area contributed by atoms with Crippen LogP contribution in [0.2, 0.25) is 0 Å². The minimum atomic E-state index is 0.610. The second-order valence-electron chi connectivity index (χ2n) is 6.89. The zero-order valence-corrected chi connectivity index (χ0v) is 16.0. The van der Waals surface area contributed by atoms with Crippen molar-refractivity contribution in [3.05, 3.63) is 75.7 Å². The lowest BCUT2D eigenvalue weighted by molar-refractivity contribution is 0.482. The molecule has 0 radical (unpaired) electrons. The molecular formula is C23H20N2OS. The number of thiazole rings is 1. The molecule has 27 heavy (non-hydrogen) atoms. The molecule has 2 aromatic carbocycles. The summed E-state index contributed by atoms with van der Waals surface area (Å²) >= 11 is 1.66. The number of hydrogen-bond donors (Lipinski definition) is 0. The van der Waals surface area contributed by atoms with Crippen molar-refractivity contribution < 1.29 is 4.74 Å². The SMILES string of the molecule is C[C@H]1CCc2nc(/C(C#N)=C/c3cccc(Oc4ccccc4)c3)sc2C1. The summed E-state index contributed by atoms with van der Waals surface area (Å²) in [5, 5.41) is 10.5. The van der Waals surface area contributed by atoms with Crippen LogP contribution in [0.25, 0.3) is 11.6 Å². The quantitative estimate of drug-likeness (QED) is 0.518. The highest BCUT2D eigenvalue weighted by molar-refractivity contribution is 7.13. The predicted molar refractivity (Wildman–Crippen MR) is 110 cm³/mol. The van der Waals surface area contributed by atoms with E-state index in [0.29, 0.717) is 11.5 Å². The van der Waals surface area contributed by atoms with Crippen LogP contribution >= 0.6 is 11.3 Å². The second kappa shape index (κ2) is 7.77. The Labute approximate surface area is 163 Å². The van der Waals surface area contributed by atoms with Crippen molar-refractivity contribution in [3.8, 4) is 17.6 Å². The van der Waals surface area contributed by atoms with Crippen LogP contribution in [0.5, 0.6) is 11.5 Å². The molecule has 0 aliphatic heterocycles. The summed E-state index contributed by atoms with van der Waals surface area (Å²) in [5.41, 5.74) is 2.72. The topological polar surface area (TPSA) is 45.9 Å². The van der Waals surface area contributed by atoms with Crippen LogP contribution < -0.4 is 4.74 Å². The number of aryl methyl sites for hydroxylation is 1. The molecule has 0 saturated heterocycles. The van der Waals surface area contributed by atoms with E-state index in [0.717, 1.165) is 34.9 Å². The number of aromatic nitrogens is 1. The van der Waals surface area contributed by atoms with Gasteiger partial charge in [-0.1, -0.05) is 37.3 Å². The number of rotatable bonds is 4. The van der Waals surface area contributed by atoms with Gasteiger partial charge >= 0.3 is 0 Å². The molecule has 0 amide bonds. The Morgan fingerprint density at radius 1 is 1.19 bits per heavy atom. The van der Waals surface area contributed by atoms with Crippen molar-refractivity contribution in [2.45, 2.75) is 26.2 Å². The average molecular weight is 372 g/mol. The molecule has 4 rings (SSSR count). The van der Waals surface area contributed by atoms with E-state index in [1.807, 2.05) is 60.7 Å². The molecule has 0 bridgehead atoms. The number of hydrogen-bond acceptors (Lipinski definition) is 4. The van der Waals surface area contributed by atoms with Crippen molar-refractivity contribution in [1.29, 1.82) is 5.26 Å². The van der Waals surface area contributed by atoms with Crippen molar-refractivity contribution >= 4 is 23.0 Å². The van der Waals surface area contributed by atoms with E-state index in [2.05, 4.69) is 13.0 Å². The highest BCUT2D eigenvalue weighted by Crippen LogP contribution is 2.33. The molecule has 0 spiro atoms. The van der Waals surface area contributed by atoms with E-state index in [1.165, 1.54) is 17.0 Å². The maximum atomic E-state index is 9.68. The molecule has 1 aromatic heterocycles. The molecule has 3 aromatic rings. The lowest BCUT2D eigenvalue weighted by Crippen LogP contribution is -2.09. The van der Waals surface area contributed by atoms with Gasteiger partial charge in [-0.25, -0.2) is 4.98 Å². The first-order valence-corrected chi connectivity index (χ1v) is 9.96. The monoisotopic (exact) mass is 372 g/mol. The van der Waals surface area contributed by atoms with Gasteiger partial charge in [0, 0.05) is 4.88 Å². The van der Waals surface area contributed by atoms with Gasteiger partial charge in [-0.2, -0.15) is 5.26 Å². The zero-order chi connectivity index (χ0) is 18.6. The highest BCUT2D eigenvalue weighted by Gasteiger charge is 2.21. The van der Waals surface area contributed by atoms with E-state index in [4.69, 9.17) is 9.72 Å². The van der Waals surface area contributed by atoms with Crippen LogP contribution in [0.3, 0.4) is 0 Å². The number of benzene rings is 2. The van der Waals surface area contributed by atoms with Gasteiger partial charge in [0.05, 0.1) is 11.3 Å². The Kier molecular flexibility index (Phi) is 5.04. The number of nitriles is 1. The van der Waals surface area contributed by atoms with Gasteiger partial charge in [0.1, 0.15) is 22.6 Å². The average Bonchev–Trinajstić information content (AvgIpc) is 3.10.